The fourth-order valence-corrected chi connectivity index (χ4v) is 2.94. The highest BCUT2D eigenvalue weighted by Gasteiger charge is 2.05. The van der Waals surface area contributed by atoms with Crippen LogP contribution in [0.3, 0.4) is 0 Å². The van der Waals surface area contributed by atoms with Crippen molar-refractivity contribution in [1.82, 2.24) is 0 Å². The van der Waals surface area contributed by atoms with Gasteiger partial charge in [0.15, 0.2) is 0 Å². The molecule has 2 rings (SSSR count). The molecule has 0 aliphatic rings. The van der Waals surface area contributed by atoms with Crippen LogP contribution in [0.15, 0.2) is 18.2 Å². The molecule has 1 aromatic heterocycles. The first kappa shape index (κ1) is 9.32. The monoisotopic (exact) mass is 230 g/mol. The van der Waals surface area contributed by atoms with Gasteiger partial charge in [-0.3, -0.25) is 0 Å². The molecule has 68 valence electrons. The van der Waals surface area contributed by atoms with Crippen LogP contribution in [0.25, 0.3) is 10.1 Å². The molecule has 0 bridgehead atoms. The summed E-state index contributed by atoms with van der Waals surface area (Å²) in [6.07, 6.45) is 0. The number of hydrogen-bond donors (Lipinski definition) is 0. The van der Waals surface area contributed by atoms with Crippen LogP contribution in [0.1, 0.15) is 11.1 Å². The average Bonchev–Trinajstić information content (AvgIpc) is 2.47. The van der Waals surface area contributed by atoms with Crippen LogP contribution in [0.4, 0.5) is 0 Å². The van der Waals surface area contributed by atoms with Gasteiger partial charge in [-0.05, 0) is 29.5 Å². The fraction of sp³-hybridized carbons (Fsp3) is 0.200. The van der Waals surface area contributed by atoms with E-state index in [2.05, 4.69) is 19.1 Å². The maximum Gasteiger partial charge on any atom is 0.0940 e. The first-order chi connectivity index (χ1) is 6.22. The summed E-state index contributed by atoms with van der Waals surface area (Å²) >= 11 is 13.4. The summed E-state index contributed by atoms with van der Waals surface area (Å²) in [5.74, 6) is 0.567. The molecule has 1 aromatic carbocycles. The van der Waals surface area contributed by atoms with Crippen LogP contribution in [0, 0.1) is 6.92 Å². The third-order valence-electron chi connectivity index (χ3n) is 2.16. The van der Waals surface area contributed by atoms with Gasteiger partial charge in [0.1, 0.15) is 0 Å². The number of aryl methyl sites for hydroxylation is 1. The van der Waals surface area contributed by atoms with Gasteiger partial charge in [-0.25, -0.2) is 0 Å². The normalized spacial score (nSPS) is 11.0. The number of benzene rings is 1. The van der Waals surface area contributed by atoms with Gasteiger partial charge < -0.3 is 0 Å². The zero-order valence-electron chi connectivity index (χ0n) is 7.10. The van der Waals surface area contributed by atoms with Gasteiger partial charge in [0.2, 0.25) is 0 Å². The van der Waals surface area contributed by atoms with Crippen LogP contribution >= 0.6 is 34.5 Å². The van der Waals surface area contributed by atoms with Crippen molar-refractivity contribution in [2.45, 2.75) is 12.8 Å². The van der Waals surface area contributed by atoms with Gasteiger partial charge in [-0.2, -0.15) is 0 Å². The minimum Gasteiger partial charge on any atom is -0.123 e. The van der Waals surface area contributed by atoms with E-state index in [4.69, 9.17) is 23.2 Å². The van der Waals surface area contributed by atoms with Gasteiger partial charge in [0.25, 0.3) is 0 Å². The van der Waals surface area contributed by atoms with Crippen molar-refractivity contribution in [3.05, 3.63) is 33.7 Å². The molecule has 1 heterocycles. The average molecular weight is 231 g/mol. The second kappa shape index (κ2) is 3.49. The summed E-state index contributed by atoms with van der Waals surface area (Å²) in [6, 6.07) is 6.13. The molecule has 3 heteroatoms. The molecule has 0 nitrogen and oxygen atoms in total. The van der Waals surface area contributed by atoms with Gasteiger partial charge in [0.05, 0.1) is 4.34 Å². The third-order valence-corrected chi connectivity index (χ3v) is 3.85. The Kier molecular flexibility index (Phi) is 2.50. The number of alkyl halides is 1. The van der Waals surface area contributed by atoms with Crippen molar-refractivity contribution in [2.75, 3.05) is 0 Å². The minimum absolute atomic E-state index is 0.567. The molecule has 0 spiro atoms. The van der Waals surface area contributed by atoms with Crippen LogP contribution < -0.4 is 0 Å². The van der Waals surface area contributed by atoms with E-state index in [1.165, 1.54) is 21.2 Å². The molecule has 13 heavy (non-hydrogen) atoms. The van der Waals surface area contributed by atoms with E-state index in [1.807, 2.05) is 6.07 Å². The number of hydrogen-bond acceptors (Lipinski definition) is 1. The number of fused-ring (bicyclic) bond motifs is 1. The van der Waals surface area contributed by atoms with Crippen LogP contribution in [-0.2, 0) is 5.88 Å². The molecular formula is C10H8Cl2S. The molecule has 0 atom stereocenters. The van der Waals surface area contributed by atoms with E-state index in [0.717, 1.165) is 4.34 Å². The molecule has 0 radical (unpaired) electrons. The second-order valence-electron chi connectivity index (χ2n) is 2.95. The summed E-state index contributed by atoms with van der Waals surface area (Å²) in [5, 5.41) is 1.21. The smallest absolute Gasteiger partial charge is 0.0940 e. The van der Waals surface area contributed by atoms with Crippen molar-refractivity contribution < 1.29 is 0 Å². The van der Waals surface area contributed by atoms with Gasteiger partial charge in [-0.1, -0.05) is 23.7 Å². The zero-order chi connectivity index (χ0) is 9.42. The Bertz CT molecular complexity index is 445. The largest absolute Gasteiger partial charge is 0.123 e. The SMILES string of the molecule is Cc1c(CCl)ccc2cc(Cl)sc12. The Balaban J connectivity index is 2.78. The highest BCUT2D eigenvalue weighted by Crippen LogP contribution is 2.33. The molecular weight excluding hydrogens is 223 g/mol. The fourth-order valence-electron chi connectivity index (χ4n) is 1.40. The number of rotatable bonds is 1. The van der Waals surface area contributed by atoms with E-state index < -0.39 is 0 Å². The van der Waals surface area contributed by atoms with Crippen LogP contribution in [0.2, 0.25) is 4.34 Å². The standard InChI is InChI=1S/C10H8Cl2S/c1-6-8(5-11)3-2-7-4-9(12)13-10(6)7/h2-4H,5H2,1H3. The summed E-state index contributed by atoms with van der Waals surface area (Å²) in [5.41, 5.74) is 2.44. The van der Waals surface area contributed by atoms with Crippen LogP contribution in [0.5, 0.6) is 0 Å². The molecule has 0 N–H and O–H groups in total. The van der Waals surface area contributed by atoms with Crippen molar-refractivity contribution in [3.8, 4) is 0 Å². The molecule has 0 fully saturated rings. The lowest BCUT2D eigenvalue weighted by molar-refractivity contribution is 1.34. The quantitative estimate of drug-likeness (QED) is 0.629. The Morgan fingerprint density at radius 1 is 1.38 bits per heavy atom. The summed E-state index contributed by atoms with van der Waals surface area (Å²) < 4.78 is 2.09. The molecule has 0 aliphatic heterocycles. The Labute approximate surface area is 91.1 Å². The predicted octanol–water partition coefficient (Wildman–Crippen LogP) is 4.60. The maximum atomic E-state index is 5.94. The number of thiophene rings is 1. The predicted molar refractivity (Wildman–Crippen MR) is 61.1 cm³/mol. The first-order valence-corrected chi connectivity index (χ1v) is 5.69. The van der Waals surface area contributed by atoms with Crippen molar-refractivity contribution in [1.29, 1.82) is 0 Å². The van der Waals surface area contributed by atoms with E-state index in [1.54, 1.807) is 11.3 Å². The lowest BCUT2D eigenvalue weighted by Gasteiger charge is -2.01. The third kappa shape index (κ3) is 1.56. The topological polar surface area (TPSA) is 0 Å². The Morgan fingerprint density at radius 3 is 2.85 bits per heavy atom. The van der Waals surface area contributed by atoms with Gasteiger partial charge in [-0.15, -0.1) is 22.9 Å². The molecule has 0 saturated carbocycles. The highest BCUT2D eigenvalue weighted by molar-refractivity contribution is 7.22. The van der Waals surface area contributed by atoms with Gasteiger partial charge in [0, 0.05) is 10.6 Å². The highest BCUT2D eigenvalue weighted by atomic mass is 35.5. The molecule has 0 saturated heterocycles. The van der Waals surface area contributed by atoms with Crippen molar-refractivity contribution in [3.63, 3.8) is 0 Å². The lowest BCUT2D eigenvalue weighted by atomic mass is 10.1. The zero-order valence-corrected chi connectivity index (χ0v) is 9.43. The Morgan fingerprint density at radius 2 is 2.15 bits per heavy atom. The van der Waals surface area contributed by atoms with E-state index >= 15 is 0 Å². The lowest BCUT2D eigenvalue weighted by Crippen LogP contribution is -1.83. The van der Waals surface area contributed by atoms with Crippen molar-refractivity contribution in [2.24, 2.45) is 0 Å². The van der Waals surface area contributed by atoms with Crippen LogP contribution in [-0.4, -0.2) is 0 Å². The minimum atomic E-state index is 0.567. The first-order valence-electron chi connectivity index (χ1n) is 3.96. The molecule has 0 aliphatic carbocycles. The van der Waals surface area contributed by atoms with E-state index in [-0.39, 0.29) is 0 Å². The summed E-state index contributed by atoms with van der Waals surface area (Å²) in [4.78, 5) is 0. The molecule has 0 amide bonds. The molecule has 2 aromatic rings. The van der Waals surface area contributed by atoms with E-state index in [0.29, 0.717) is 5.88 Å². The second-order valence-corrected chi connectivity index (χ2v) is 4.90. The molecule has 0 unspecified atom stereocenters. The summed E-state index contributed by atoms with van der Waals surface area (Å²) in [7, 11) is 0. The number of halogens is 2. The maximum absolute atomic E-state index is 5.94. The van der Waals surface area contributed by atoms with Crippen molar-refractivity contribution >= 4 is 44.6 Å². The summed E-state index contributed by atoms with van der Waals surface area (Å²) in [6.45, 7) is 2.09. The van der Waals surface area contributed by atoms with Gasteiger partial charge >= 0.3 is 0 Å². The van der Waals surface area contributed by atoms with E-state index in [9.17, 15) is 0 Å². The Hall–Kier alpha value is -0.240.